The highest BCUT2D eigenvalue weighted by Crippen LogP contribution is 2.30. The lowest BCUT2D eigenvalue weighted by Gasteiger charge is -2.13. The summed E-state index contributed by atoms with van der Waals surface area (Å²) in [7, 11) is 1.59. The maximum atomic E-state index is 11.8. The molecule has 2 N–H and O–H groups in total. The first-order chi connectivity index (χ1) is 13.9. The molecule has 3 rings (SSSR count). The predicted octanol–water partition coefficient (Wildman–Crippen LogP) is 4.78. The second-order valence-electron chi connectivity index (χ2n) is 6.57. The Labute approximate surface area is 168 Å². The van der Waals surface area contributed by atoms with Crippen LogP contribution in [0.15, 0.2) is 60.7 Å². The molecule has 0 fully saturated rings. The SMILES string of the molecule is COc1ccc(Cc2ccc(Oc3ccc(C)cc3C(=O)O)c(C(=O)O)c2)cc1. The van der Waals surface area contributed by atoms with E-state index in [1.54, 1.807) is 32.2 Å². The number of benzene rings is 3. The molecule has 0 bridgehead atoms. The van der Waals surface area contributed by atoms with E-state index in [9.17, 15) is 19.8 Å². The minimum atomic E-state index is -1.15. The number of aryl methyl sites for hydroxylation is 1. The van der Waals surface area contributed by atoms with Crippen molar-refractivity contribution in [3.8, 4) is 17.2 Å². The Bertz CT molecular complexity index is 1050. The van der Waals surface area contributed by atoms with Crippen LogP contribution in [0.2, 0.25) is 0 Å². The summed E-state index contributed by atoms with van der Waals surface area (Å²) in [5, 5.41) is 19.0. The monoisotopic (exact) mass is 392 g/mol. The van der Waals surface area contributed by atoms with Gasteiger partial charge in [-0.25, -0.2) is 9.59 Å². The van der Waals surface area contributed by atoms with Gasteiger partial charge in [0.05, 0.1) is 7.11 Å². The molecule has 0 aliphatic carbocycles. The van der Waals surface area contributed by atoms with Crippen LogP contribution >= 0.6 is 0 Å². The second kappa shape index (κ2) is 8.48. The number of carboxylic acid groups (broad SMARTS) is 2. The molecule has 0 atom stereocenters. The van der Waals surface area contributed by atoms with E-state index in [4.69, 9.17) is 9.47 Å². The van der Waals surface area contributed by atoms with Gasteiger partial charge < -0.3 is 19.7 Å². The molecule has 0 unspecified atom stereocenters. The van der Waals surface area contributed by atoms with Gasteiger partial charge in [-0.05, 0) is 60.9 Å². The van der Waals surface area contributed by atoms with Gasteiger partial charge in [0, 0.05) is 0 Å². The van der Waals surface area contributed by atoms with Crippen molar-refractivity contribution in [3.63, 3.8) is 0 Å². The average molecular weight is 392 g/mol. The molecule has 29 heavy (non-hydrogen) atoms. The van der Waals surface area contributed by atoms with E-state index in [-0.39, 0.29) is 22.6 Å². The zero-order valence-corrected chi connectivity index (χ0v) is 16.0. The van der Waals surface area contributed by atoms with Crippen LogP contribution in [-0.4, -0.2) is 29.3 Å². The molecule has 0 heterocycles. The fraction of sp³-hybridized carbons (Fsp3) is 0.130. The van der Waals surface area contributed by atoms with Crippen molar-refractivity contribution < 1.29 is 29.3 Å². The predicted molar refractivity (Wildman–Crippen MR) is 107 cm³/mol. The zero-order chi connectivity index (χ0) is 21.0. The number of aromatic carboxylic acids is 2. The van der Waals surface area contributed by atoms with Crippen LogP contribution in [0.25, 0.3) is 0 Å². The van der Waals surface area contributed by atoms with Crippen molar-refractivity contribution >= 4 is 11.9 Å². The molecule has 0 aliphatic heterocycles. The number of carbonyl (C=O) groups is 2. The number of hydrogen-bond acceptors (Lipinski definition) is 4. The summed E-state index contributed by atoms with van der Waals surface area (Å²) in [5.41, 5.74) is 2.50. The van der Waals surface area contributed by atoms with E-state index in [2.05, 4.69) is 0 Å². The minimum Gasteiger partial charge on any atom is -0.497 e. The lowest BCUT2D eigenvalue weighted by Crippen LogP contribution is -2.05. The summed E-state index contributed by atoms with van der Waals surface area (Å²) in [6.45, 7) is 1.77. The first kappa shape index (κ1) is 19.9. The van der Waals surface area contributed by atoms with Crippen molar-refractivity contribution in [2.75, 3.05) is 7.11 Å². The lowest BCUT2D eigenvalue weighted by atomic mass is 10.0. The van der Waals surface area contributed by atoms with Gasteiger partial charge in [0.15, 0.2) is 0 Å². The van der Waals surface area contributed by atoms with E-state index in [1.807, 2.05) is 24.3 Å². The Morgan fingerprint density at radius 2 is 1.34 bits per heavy atom. The Morgan fingerprint density at radius 1 is 0.793 bits per heavy atom. The normalized spacial score (nSPS) is 10.4. The Balaban J connectivity index is 1.90. The van der Waals surface area contributed by atoms with Crippen LogP contribution in [0, 0.1) is 6.92 Å². The molecule has 0 aromatic heterocycles. The molecule has 3 aromatic rings. The molecule has 0 saturated heterocycles. The van der Waals surface area contributed by atoms with E-state index in [1.165, 1.54) is 18.2 Å². The highest BCUT2D eigenvalue weighted by atomic mass is 16.5. The van der Waals surface area contributed by atoms with E-state index in [0.29, 0.717) is 6.42 Å². The topological polar surface area (TPSA) is 93.1 Å². The van der Waals surface area contributed by atoms with Crippen molar-refractivity contribution in [1.29, 1.82) is 0 Å². The van der Waals surface area contributed by atoms with E-state index < -0.39 is 11.9 Å². The van der Waals surface area contributed by atoms with Crippen molar-refractivity contribution in [3.05, 3.63) is 88.5 Å². The van der Waals surface area contributed by atoms with Gasteiger partial charge in [-0.1, -0.05) is 29.8 Å². The van der Waals surface area contributed by atoms with E-state index in [0.717, 1.165) is 22.4 Å². The fourth-order valence-corrected chi connectivity index (χ4v) is 2.94. The van der Waals surface area contributed by atoms with E-state index >= 15 is 0 Å². The molecule has 148 valence electrons. The summed E-state index contributed by atoms with van der Waals surface area (Å²) in [6.07, 6.45) is 0.537. The lowest BCUT2D eigenvalue weighted by molar-refractivity contribution is 0.0687. The Hall–Kier alpha value is -3.80. The number of methoxy groups -OCH3 is 1. The van der Waals surface area contributed by atoms with Gasteiger partial charge >= 0.3 is 11.9 Å². The second-order valence-corrected chi connectivity index (χ2v) is 6.57. The number of ether oxygens (including phenoxy) is 2. The zero-order valence-electron chi connectivity index (χ0n) is 16.0. The molecular weight excluding hydrogens is 372 g/mol. The largest absolute Gasteiger partial charge is 0.497 e. The highest BCUT2D eigenvalue weighted by molar-refractivity contribution is 5.93. The molecule has 0 aliphatic rings. The van der Waals surface area contributed by atoms with Crippen LogP contribution in [-0.2, 0) is 6.42 Å². The van der Waals surface area contributed by atoms with Gasteiger partial charge in [-0.2, -0.15) is 0 Å². The summed E-state index contributed by atoms with van der Waals surface area (Å²) < 4.78 is 10.8. The summed E-state index contributed by atoms with van der Waals surface area (Å²) in [5.74, 6) is -1.37. The van der Waals surface area contributed by atoms with Crippen LogP contribution < -0.4 is 9.47 Å². The van der Waals surface area contributed by atoms with Crippen LogP contribution in [0.5, 0.6) is 17.2 Å². The maximum Gasteiger partial charge on any atom is 0.339 e. The molecule has 3 aromatic carbocycles. The standard InChI is InChI=1S/C23H20O6/c1-14-3-9-20(18(11-14)22(24)25)29-21-10-6-16(13-19(21)23(26)27)12-15-4-7-17(28-2)8-5-15/h3-11,13H,12H2,1-2H3,(H,24,25)(H,26,27). The van der Waals surface area contributed by atoms with Crippen molar-refractivity contribution in [2.45, 2.75) is 13.3 Å². The number of carboxylic acids is 2. The smallest absolute Gasteiger partial charge is 0.339 e. The van der Waals surface area contributed by atoms with Gasteiger partial charge in [0.1, 0.15) is 28.4 Å². The van der Waals surface area contributed by atoms with Gasteiger partial charge in [0.25, 0.3) is 0 Å². The van der Waals surface area contributed by atoms with Crippen molar-refractivity contribution in [2.24, 2.45) is 0 Å². The maximum absolute atomic E-state index is 11.8. The number of rotatable bonds is 7. The Kier molecular flexibility index (Phi) is 5.83. The molecule has 0 radical (unpaired) electrons. The first-order valence-corrected chi connectivity index (χ1v) is 8.88. The molecule has 0 amide bonds. The van der Waals surface area contributed by atoms with Gasteiger partial charge in [-0.3, -0.25) is 0 Å². The van der Waals surface area contributed by atoms with Gasteiger partial charge in [-0.15, -0.1) is 0 Å². The third-order valence-electron chi connectivity index (χ3n) is 4.43. The average Bonchev–Trinajstić information content (AvgIpc) is 2.70. The van der Waals surface area contributed by atoms with Crippen LogP contribution in [0.4, 0.5) is 0 Å². The van der Waals surface area contributed by atoms with Crippen LogP contribution in [0.1, 0.15) is 37.4 Å². The quantitative estimate of drug-likeness (QED) is 0.601. The highest BCUT2D eigenvalue weighted by Gasteiger charge is 2.17. The molecule has 6 heteroatoms. The third-order valence-corrected chi connectivity index (χ3v) is 4.43. The fourth-order valence-electron chi connectivity index (χ4n) is 2.94. The first-order valence-electron chi connectivity index (χ1n) is 8.88. The molecule has 6 nitrogen and oxygen atoms in total. The number of hydrogen-bond donors (Lipinski definition) is 2. The minimum absolute atomic E-state index is 0.0244. The molecule has 0 spiro atoms. The molecular formula is C23H20O6. The summed E-state index contributed by atoms with van der Waals surface area (Å²) in [4.78, 5) is 23.2. The Morgan fingerprint density at radius 3 is 1.93 bits per heavy atom. The summed E-state index contributed by atoms with van der Waals surface area (Å²) >= 11 is 0. The summed E-state index contributed by atoms with van der Waals surface area (Å²) in [6, 6.07) is 17.1. The van der Waals surface area contributed by atoms with Gasteiger partial charge in [0.2, 0.25) is 0 Å². The third kappa shape index (κ3) is 4.73. The van der Waals surface area contributed by atoms with Crippen LogP contribution in [0.3, 0.4) is 0 Å². The molecule has 0 saturated carbocycles. The van der Waals surface area contributed by atoms with Crippen molar-refractivity contribution in [1.82, 2.24) is 0 Å².